The summed E-state index contributed by atoms with van der Waals surface area (Å²) in [4.78, 5) is 12.4. The summed E-state index contributed by atoms with van der Waals surface area (Å²) in [6, 6.07) is 6.03. The molecular weight excluding hydrogens is 330 g/mol. The molecule has 7 nitrogen and oxygen atoms in total. The Morgan fingerprint density at radius 1 is 1.19 bits per heavy atom. The molecule has 1 amide bonds. The average molecular weight is 353 g/mol. The Hall–Kier alpha value is -3.09. The van der Waals surface area contributed by atoms with Gasteiger partial charge in [-0.25, -0.2) is 4.68 Å². The van der Waals surface area contributed by atoms with E-state index in [1.54, 1.807) is 28.0 Å². The first-order chi connectivity index (χ1) is 12.5. The van der Waals surface area contributed by atoms with Crippen LogP contribution in [0.5, 0.6) is 5.75 Å². The molecule has 0 unspecified atom stereocenters. The Balaban J connectivity index is 1.62. The Morgan fingerprint density at radius 2 is 2.00 bits per heavy atom. The molecule has 0 atom stereocenters. The summed E-state index contributed by atoms with van der Waals surface area (Å²) in [5.74, 6) is 0.622. The molecule has 26 heavy (non-hydrogen) atoms. The summed E-state index contributed by atoms with van der Waals surface area (Å²) in [7, 11) is 0. The van der Waals surface area contributed by atoms with Crippen LogP contribution >= 0.6 is 0 Å². The van der Waals surface area contributed by atoms with Gasteiger partial charge in [0.2, 0.25) is 0 Å². The molecule has 2 heterocycles. The van der Waals surface area contributed by atoms with Crippen molar-refractivity contribution in [2.24, 2.45) is 0 Å². The highest BCUT2D eigenvalue weighted by atomic mass is 16.5. The highest BCUT2D eigenvalue weighted by molar-refractivity contribution is 6.04. The van der Waals surface area contributed by atoms with E-state index in [0.717, 1.165) is 23.6 Å². The van der Waals surface area contributed by atoms with Crippen LogP contribution in [-0.2, 0) is 13.3 Å². The summed E-state index contributed by atoms with van der Waals surface area (Å²) < 4.78 is 9.22. The molecule has 2 aromatic heterocycles. The Morgan fingerprint density at radius 3 is 2.69 bits per heavy atom. The van der Waals surface area contributed by atoms with Gasteiger partial charge in [-0.3, -0.25) is 9.48 Å². The number of hydrogen-bond acceptors (Lipinski definition) is 4. The number of anilines is 1. The summed E-state index contributed by atoms with van der Waals surface area (Å²) in [5, 5.41) is 11.3. The van der Waals surface area contributed by atoms with Crippen molar-refractivity contribution in [3.63, 3.8) is 0 Å². The van der Waals surface area contributed by atoms with Gasteiger partial charge in [-0.2, -0.15) is 10.2 Å². The van der Waals surface area contributed by atoms with Gasteiger partial charge < -0.3 is 10.1 Å². The van der Waals surface area contributed by atoms with Crippen molar-refractivity contribution >= 4 is 11.6 Å². The van der Waals surface area contributed by atoms with E-state index in [1.165, 1.54) is 5.56 Å². The van der Waals surface area contributed by atoms with Gasteiger partial charge in [-0.05, 0) is 39.3 Å². The van der Waals surface area contributed by atoms with Crippen molar-refractivity contribution < 1.29 is 9.53 Å². The Bertz CT molecular complexity index is 926. The van der Waals surface area contributed by atoms with Crippen molar-refractivity contribution in [2.45, 2.75) is 41.0 Å². The third-order valence-electron chi connectivity index (χ3n) is 4.22. The molecule has 0 spiro atoms. The van der Waals surface area contributed by atoms with Crippen LogP contribution in [0, 0.1) is 20.8 Å². The molecule has 136 valence electrons. The summed E-state index contributed by atoms with van der Waals surface area (Å²) in [6.45, 7) is 8.93. The van der Waals surface area contributed by atoms with E-state index in [-0.39, 0.29) is 12.6 Å². The Kier molecular flexibility index (Phi) is 5.06. The second kappa shape index (κ2) is 7.43. The smallest absolute Gasteiger partial charge is 0.259 e. The summed E-state index contributed by atoms with van der Waals surface area (Å²) >= 11 is 0. The molecular formula is C19H23N5O2. The number of amides is 1. The van der Waals surface area contributed by atoms with Gasteiger partial charge in [0.05, 0.1) is 29.8 Å². The van der Waals surface area contributed by atoms with Crippen molar-refractivity contribution in [3.05, 3.63) is 59.2 Å². The third kappa shape index (κ3) is 3.77. The maximum atomic E-state index is 12.4. The number of nitrogens with one attached hydrogen (secondary N) is 1. The second-order valence-electron chi connectivity index (χ2n) is 6.22. The van der Waals surface area contributed by atoms with Crippen LogP contribution < -0.4 is 10.1 Å². The van der Waals surface area contributed by atoms with Crippen LogP contribution in [0.4, 0.5) is 5.69 Å². The van der Waals surface area contributed by atoms with E-state index in [9.17, 15) is 4.79 Å². The first-order valence-electron chi connectivity index (χ1n) is 8.54. The number of benzene rings is 1. The third-order valence-corrected chi connectivity index (χ3v) is 4.22. The number of rotatable bonds is 6. The number of aryl methyl sites for hydroxylation is 3. The fourth-order valence-electron chi connectivity index (χ4n) is 2.78. The minimum atomic E-state index is -0.197. The Labute approximate surface area is 152 Å². The van der Waals surface area contributed by atoms with Gasteiger partial charge in [0.25, 0.3) is 5.91 Å². The van der Waals surface area contributed by atoms with E-state index in [1.807, 2.05) is 39.8 Å². The molecule has 3 rings (SSSR count). The second-order valence-corrected chi connectivity index (χ2v) is 6.22. The zero-order valence-electron chi connectivity index (χ0n) is 15.5. The van der Waals surface area contributed by atoms with E-state index in [0.29, 0.717) is 11.3 Å². The quantitative estimate of drug-likeness (QED) is 0.738. The normalized spacial score (nSPS) is 10.8. The molecule has 0 radical (unpaired) electrons. The lowest BCUT2D eigenvalue weighted by Gasteiger charge is -2.09. The summed E-state index contributed by atoms with van der Waals surface area (Å²) in [5.41, 5.74) is 4.29. The molecule has 0 aliphatic carbocycles. The van der Waals surface area contributed by atoms with Crippen molar-refractivity contribution in [3.8, 4) is 5.75 Å². The van der Waals surface area contributed by atoms with Gasteiger partial charge in [-0.15, -0.1) is 0 Å². The molecule has 7 heteroatoms. The van der Waals surface area contributed by atoms with Crippen molar-refractivity contribution in [2.75, 3.05) is 5.32 Å². The molecule has 0 saturated heterocycles. The molecule has 0 fully saturated rings. The van der Waals surface area contributed by atoms with E-state index < -0.39 is 0 Å². The van der Waals surface area contributed by atoms with E-state index in [2.05, 4.69) is 21.6 Å². The first-order valence-corrected chi connectivity index (χ1v) is 8.54. The van der Waals surface area contributed by atoms with Gasteiger partial charge in [-0.1, -0.05) is 17.7 Å². The van der Waals surface area contributed by atoms with Crippen LogP contribution in [0.15, 0.2) is 36.8 Å². The first kappa shape index (κ1) is 17.7. The molecule has 0 bridgehead atoms. The molecule has 0 saturated carbocycles. The topological polar surface area (TPSA) is 74.0 Å². The zero-order chi connectivity index (χ0) is 18.7. The van der Waals surface area contributed by atoms with Crippen LogP contribution in [0.1, 0.15) is 34.1 Å². The predicted octanol–water partition coefficient (Wildman–Crippen LogP) is 3.31. The minimum absolute atomic E-state index is 0.197. The van der Waals surface area contributed by atoms with Gasteiger partial charge in [0.1, 0.15) is 5.75 Å². The highest BCUT2D eigenvalue weighted by Gasteiger charge is 2.14. The molecule has 1 N–H and O–H groups in total. The average Bonchev–Trinajstić information content (AvgIpc) is 3.20. The fourth-order valence-corrected chi connectivity index (χ4v) is 2.78. The fraction of sp³-hybridized carbons (Fsp3) is 0.316. The molecule has 0 aliphatic heterocycles. The number of nitrogens with zero attached hydrogens (tertiary/aromatic N) is 4. The standard InChI is InChI=1S/C19H23N5O2/c1-5-24-15(4)17(10-21-24)19(25)22-16-9-20-23(11-16)12-26-18-7-6-13(2)8-14(18)3/h6-11H,5,12H2,1-4H3,(H,22,25). The van der Waals surface area contributed by atoms with E-state index >= 15 is 0 Å². The van der Waals surface area contributed by atoms with E-state index in [4.69, 9.17) is 4.74 Å². The monoisotopic (exact) mass is 353 g/mol. The lowest BCUT2D eigenvalue weighted by atomic mass is 10.1. The number of ether oxygens (including phenoxy) is 1. The van der Waals surface area contributed by atoms with Gasteiger partial charge in [0.15, 0.2) is 6.73 Å². The van der Waals surface area contributed by atoms with Crippen LogP contribution in [0.25, 0.3) is 0 Å². The minimum Gasteiger partial charge on any atom is -0.471 e. The number of carbonyl (C=O) groups excluding carboxylic acids is 1. The molecule has 3 aromatic rings. The zero-order valence-corrected chi connectivity index (χ0v) is 15.5. The lowest BCUT2D eigenvalue weighted by Crippen LogP contribution is -2.13. The van der Waals surface area contributed by atoms with Crippen LogP contribution in [0.3, 0.4) is 0 Å². The lowest BCUT2D eigenvalue weighted by molar-refractivity contribution is 0.102. The predicted molar refractivity (Wildman–Crippen MR) is 99.4 cm³/mol. The SMILES string of the molecule is CCn1ncc(C(=O)Nc2cnn(COc3ccc(C)cc3C)c2)c1C. The van der Waals surface area contributed by atoms with Crippen molar-refractivity contribution in [1.82, 2.24) is 19.6 Å². The maximum absolute atomic E-state index is 12.4. The van der Waals surface area contributed by atoms with Crippen LogP contribution in [0.2, 0.25) is 0 Å². The molecule has 0 aliphatic rings. The van der Waals surface area contributed by atoms with Gasteiger partial charge in [0, 0.05) is 12.2 Å². The maximum Gasteiger partial charge on any atom is 0.259 e. The number of aromatic nitrogens is 4. The number of hydrogen-bond donors (Lipinski definition) is 1. The van der Waals surface area contributed by atoms with Crippen molar-refractivity contribution in [1.29, 1.82) is 0 Å². The summed E-state index contributed by atoms with van der Waals surface area (Å²) in [6.07, 6.45) is 4.92. The van der Waals surface area contributed by atoms with Crippen LogP contribution in [-0.4, -0.2) is 25.5 Å². The van der Waals surface area contributed by atoms with Gasteiger partial charge >= 0.3 is 0 Å². The largest absolute Gasteiger partial charge is 0.471 e. The molecule has 1 aromatic carbocycles. The highest BCUT2D eigenvalue weighted by Crippen LogP contribution is 2.19. The number of carbonyl (C=O) groups is 1.